The zero-order valence-corrected chi connectivity index (χ0v) is 8.57. The van der Waals surface area contributed by atoms with Gasteiger partial charge < -0.3 is 10.1 Å². The Labute approximate surface area is 85.3 Å². The Morgan fingerprint density at radius 1 is 1.36 bits per heavy atom. The lowest BCUT2D eigenvalue weighted by Gasteiger charge is -2.28. The van der Waals surface area contributed by atoms with Crippen molar-refractivity contribution in [2.45, 2.75) is 25.5 Å². The molecule has 1 aliphatic rings. The normalized spacial score (nSPS) is 27.5. The number of hydrogen-bond donors (Lipinski definition) is 1. The van der Waals surface area contributed by atoms with Gasteiger partial charge in [-0.3, -0.25) is 0 Å². The molecule has 2 atom stereocenters. The lowest BCUT2D eigenvalue weighted by Crippen LogP contribution is -2.46. The van der Waals surface area contributed by atoms with Crippen molar-refractivity contribution in [2.75, 3.05) is 13.2 Å². The van der Waals surface area contributed by atoms with Crippen LogP contribution in [0.2, 0.25) is 0 Å². The molecular formula is C12H17NO. The summed E-state index contributed by atoms with van der Waals surface area (Å²) in [5.41, 5.74) is 1.38. The van der Waals surface area contributed by atoms with Crippen molar-refractivity contribution in [3.05, 3.63) is 35.9 Å². The molecule has 0 saturated carbocycles. The van der Waals surface area contributed by atoms with E-state index < -0.39 is 0 Å². The van der Waals surface area contributed by atoms with Crippen LogP contribution in [0.3, 0.4) is 0 Å². The summed E-state index contributed by atoms with van der Waals surface area (Å²) < 4.78 is 5.60. The summed E-state index contributed by atoms with van der Waals surface area (Å²) >= 11 is 0. The van der Waals surface area contributed by atoms with Crippen molar-refractivity contribution >= 4 is 0 Å². The first-order valence-corrected chi connectivity index (χ1v) is 5.23. The Kier molecular flexibility index (Phi) is 3.17. The van der Waals surface area contributed by atoms with Gasteiger partial charge in [0.1, 0.15) is 0 Å². The molecule has 1 aliphatic heterocycles. The number of nitrogens with one attached hydrogen (secondary N) is 1. The van der Waals surface area contributed by atoms with Gasteiger partial charge in [-0.05, 0) is 18.9 Å². The predicted molar refractivity (Wildman–Crippen MR) is 57.4 cm³/mol. The van der Waals surface area contributed by atoms with Crippen molar-refractivity contribution in [1.82, 2.24) is 5.32 Å². The molecule has 0 aromatic heterocycles. The van der Waals surface area contributed by atoms with E-state index >= 15 is 0 Å². The van der Waals surface area contributed by atoms with E-state index in [1.807, 2.05) is 0 Å². The highest BCUT2D eigenvalue weighted by atomic mass is 16.5. The molecule has 0 spiro atoms. The highest BCUT2D eigenvalue weighted by molar-refractivity contribution is 5.16. The van der Waals surface area contributed by atoms with Gasteiger partial charge in [-0.15, -0.1) is 0 Å². The molecule has 76 valence electrons. The van der Waals surface area contributed by atoms with Crippen LogP contribution >= 0.6 is 0 Å². The summed E-state index contributed by atoms with van der Waals surface area (Å²) in [7, 11) is 0. The summed E-state index contributed by atoms with van der Waals surface area (Å²) in [6.07, 6.45) is 1.43. The average molecular weight is 191 g/mol. The van der Waals surface area contributed by atoms with E-state index in [0.717, 1.165) is 19.6 Å². The van der Waals surface area contributed by atoms with E-state index in [2.05, 4.69) is 42.6 Å². The molecule has 1 aromatic carbocycles. The van der Waals surface area contributed by atoms with Gasteiger partial charge in [-0.2, -0.15) is 0 Å². The summed E-state index contributed by atoms with van der Waals surface area (Å²) in [5, 5.41) is 3.49. The van der Waals surface area contributed by atoms with Crippen LogP contribution in [0.25, 0.3) is 0 Å². The maximum absolute atomic E-state index is 5.60. The summed E-state index contributed by atoms with van der Waals surface area (Å²) in [5.74, 6) is 0. The molecule has 1 aromatic rings. The average Bonchev–Trinajstić information content (AvgIpc) is 2.23. The third kappa shape index (κ3) is 2.56. The highest BCUT2D eigenvalue weighted by Crippen LogP contribution is 2.07. The highest BCUT2D eigenvalue weighted by Gasteiger charge is 2.17. The third-order valence-electron chi connectivity index (χ3n) is 2.60. The summed E-state index contributed by atoms with van der Waals surface area (Å²) in [4.78, 5) is 0. The molecule has 0 amide bonds. The second kappa shape index (κ2) is 4.58. The predicted octanol–water partition coefficient (Wildman–Crippen LogP) is 1.61. The van der Waals surface area contributed by atoms with Crippen molar-refractivity contribution in [3.8, 4) is 0 Å². The molecule has 2 nitrogen and oxygen atoms in total. The van der Waals surface area contributed by atoms with E-state index in [-0.39, 0.29) is 0 Å². The second-order valence-electron chi connectivity index (χ2n) is 3.94. The standard InChI is InChI=1S/C12H17NO/c1-10-8-13-12(9-14-10)7-11-5-3-2-4-6-11/h2-6,10,12-13H,7-9H2,1H3/t10-,12-/m1/s1. The van der Waals surface area contributed by atoms with Gasteiger partial charge in [-0.25, -0.2) is 0 Å². The minimum absolute atomic E-state index is 0.363. The van der Waals surface area contributed by atoms with Crippen LogP contribution < -0.4 is 5.32 Å². The lowest BCUT2D eigenvalue weighted by molar-refractivity contribution is 0.0155. The molecule has 0 radical (unpaired) electrons. The van der Waals surface area contributed by atoms with Crippen LogP contribution in [0, 0.1) is 0 Å². The Hall–Kier alpha value is -0.860. The number of hydrogen-bond acceptors (Lipinski definition) is 2. The quantitative estimate of drug-likeness (QED) is 0.766. The topological polar surface area (TPSA) is 21.3 Å². The first kappa shape index (κ1) is 9.69. The number of rotatable bonds is 2. The van der Waals surface area contributed by atoms with Crippen molar-refractivity contribution < 1.29 is 4.74 Å². The van der Waals surface area contributed by atoms with Gasteiger partial charge in [-0.1, -0.05) is 30.3 Å². The van der Waals surface area contributed by atoms with Crippen molar-refractivity contribution in [2.24, 2.45) is 0 Å². The lowest BCUT2D eigenvalue weighted by atomic mass is 10.1. The van der Waals surface area contributed by atoms with Crippen LogP contribution in [0.4, 0.5) is 0 Å². The first-order chi connectivity index (χ1) is 6.84. The Morgan fingerprint density at radius 2 is 2.14 bits per heavy atom. The maximum atomic E-state index is 5.60. The van der Waals surface area contributed by atoms with Gasteiger partial charge in [0.25, 0.3) is 0 Å². The molecule has 0 bridgehead atoms. The minimum atomic E-state index is 0.363. The molecule has 14 heavy (non-hydrogen) atoms. The van der Waals surface area contributed by atoms with Gasteiger partial charge >= 0.3 is 0 Å². The molecule has 1 N–H and O–H groups in total. The van der Waals surface area contributed by atoms with E-state index in [1.165, 1.54) is 5.56 Å². The molecular weight excluding hydrogens is 174 g/mol. The fourth-order valence-electron chi connectivity index (χ4n) is 1.76. The van der Waals surface area contributed by atoms with Crippen molar-refractivity contribution in [1.29, 1.82) is 0 Å². The van der Waals surface area contributed by atoms with E-state index in [9.17, 15) is 0 Å². The van der Waals surface area contributed by atoms with Crippen LogP contribution in [0.5, 0.6) is 0 Å². The fourth-order valence-corrected chi connectivity index (χ4v) is 1.76. The van der Waals surface area contributed by atoms with E-state index in [1.54, 1.807) is 0 Å². The van der Waals surface area contributed by atoms with Gasteiger partial charge in [0, 0.05) is 12.6 Å². The van der Waals surface area contributed by atoms with E-state index in [0.29, 0.717) is 12.1 Å². The summed E-state index contributed by atoms with van der Waals surface area (Å²) in [6, 6.07) is 11.0. The zero-order chi connectivity index (χ0) is 9.80. The third-order valence-corrected chi connectivity index (χ3v) is 2.60. The smallest absolute Gasteiger partial charge is 0.0672 e. The van der Waals surface area contributed by atoms with Gasteiger partial charge in [0.05, 0.1) is 12.7 Å². The van der Waals surface area contributed by atoms with Crippen LogP contribution in [0.1, 0.15) is 12.5 Å². The molecule has 1 heterocycles. The number of benzene rings is 1. The molecule has 0 aliphatic carbocycles. The van der Waals surface area contributed by atoms with Crippen LogP contribution in [-0.4, -0.2) is 25.3 Å². The fraction of sp³-hybridized carbons (Fsp3) is 0.500. The minimum Gasteiger partial charge on any atom is -0.376 e. The van der Waals surface area contributed by atoms with Crippen LogP contribution in [-0.2, 0) is 11.2 Å². The maximum Gasteiger partial charge on any atom is 0.0672 e. The molecule has 1 fully saturated rings. The van der Waals surface area contributed by atoms with Crippen LogP contribution in [0.15, 0.2) is 30.3 Å². The number of ether oxygens (including phenoxy) is 1. The summed E-state index contributed by atoms with van der Waals surface area (Å²) in [6.45, 7) is 3.90. The molecule has 2 heteroatoms. The van der Waals surface area contributed by atoms with Gasteiger partial charge in [0.2, 0.25) is 0 Å². The SMILES string of the molecule is C[C@@H]1CN[C@H](Cc2ccccc2)CO1. The Bertz CT molecular complexity index is 265. The monoisotopic (exact) mass is 191 g/mol. The van der Waals surface area contributed by atoms with Gasteiger partial charge in [0.15, 0.2) is 0 Å². The van der Waals surface area contributed by atoms with Crippen molar-refractivity contribution in [3.63, 3.8) is 0 Å². The Morgan fingerprint density at radius 3 is 2.79 bits per heavy atom. The molecule has 0 unspecified atom stereocenters. The molecule has 2 rings (SSSR count). The molecule has 1 saturated heterocycles. The van der Waals surface area contributed by atoms with E-state index in [4.69, 9.17) is 4.74 Å². The number of morpholine rings is 1. The first-order valence-electron chi connectivity index (χ1n) is 5.23. The Balaban J connectivity index is 1.87. The zero-order valence-electron chi connectivity index (χ0n) is 8.57. The largest absolute Gasteiger partial charge is 0.376 e. The second-order valence-corrected chi connectivity index (χ2v) is 3.94.